The van der Waals surface area contributed by atoms with E-state index in [1.807, 2.05) is 0 Å². The van der Waals surface area contributed by atoms with Gasteiger partial charge in [-0.25, -0.2) is 4.57 Å². The van der Waals surface area contributed by atoms with Crippen LogP contribution in [0.1, 0.15) is 2.85 Å². The molecular weight excluding hydrogens is 263 g/mol. The molecular formula is C4H14N3Na2O6P. The number of hydrogen-bond donors (Lipinski definition) is 6. The van der Waals surface area contributed by atoms with Crippen molar-refractivity contribution in [3.05, 3.63) is 0 Å². The van der Waals surface area contributed by atoms with Crippen LogP contribution in [0, 0.1) is 5.41 Å². The van der Waals surface area contributed by atoms with Crippen LogP contribution in [0.25, 0.3) is 0 Å². The molecule has 9 nitrogen and oxygen atoms in total. The number of carboxylic acids is 1. The van der Waals surface area contributed by atoms with Gasteiger partial charge in [-0.1, -0.05) is 0 Å². The molecule has 0 fully saturated rings. The number of rotatable bonds is 2. The van der Waals surface area contributed by atoms with Crippen molar-refractivity contribution in [2.24, 2.45) is 5.73 Å². The molecule has 0 amide bonds. The normalized spacial score (nSPS) is 8.50. The first-order valence-electron chi connectivity index (χ1n) is 3.09. The van der Waals surface area contributed by atoms with Gasteiger partial charge in [-0.3, -0.25) is 10.2 Å². The first-order chi connectivity index (χ1) is 6.04. The number of carbonyl (C=O) groups is 1. The van der Waals surface area contributed by atoms with Gasteiger partial charge in [0.1, 0.15) is 6.54 Å². The van der Waals surface area contributed by atoms with Crippen molar-refractivity contribution < 1.29 is 91.1 Å². The van der Waals surface area contributed by atoms with Crippen LogP contribution < -0.4 is 64.8 Å². The number of likely N-dealkylation sites (N-methyl/N-ethyl adjacent to an activating group) is 1. The molecule has 0 aliphatic rings. The Labute approximate surface area is 139 Å². The number of nitrogens with zero attached hydrogens (tertiary/aromatic N) is 1. The summed E-state index contributed by atoms with van der Waals surface area (Å²) in [7, 11) is -3.20. The van der Waals surface area contributed by atoms with E-state index in [1.54, 1.807) is 0 Å². The molecule has 0 rings (SSSR count). The topological polar surface area (TPSA) is 168 Å². The second-order valence-corrected chi connectivity index (χ2v) is 3.17. The van der Waals surface area contributed by atoms with E-state index in [0.717, 1.165) is 4.90 Å². The van der Waals surface area contributed by atoms with Crippen LogP contribution >= 0.6 is 7.82 Å². The van der Waals surface area contributed by atoms with Crippen molar-refractivity contribution in [1.82, 2.24) is 4.90 Å². The molecule has 0 bridgehead atoms. The van der Waals surface area contributed by atoms with Gasteiger partial charge < -0.3 is 33.3 Å². The second kappa shape index (κ2) is 12.3. The number of aliphatic carboxylic acids is 1. The molecule has 0 atom stereocenters. The fraction of sp³-hybridized carbons (Fsp3) is 0.500. The van der Waals surface area contributed by atoms with E-state index in [-0.39, 0.29) is 74.5 Å². The minimum absolute atomic E-state index is 0. The third kappa shape index (κ3) is 36.4. The molecule has 88 valence electrons. The summed E-state index contributed by atoms with van der Waals surface area (Å²) in [5.74, 6) is -1.23. The molecule has 0 spiro atoms. The van der Waals surface area contributed by atoms with Crippen molar-refractivity contribution in [2.45, 2.75) is 0 Å². The van der Waals surface area contributed by atoms with E-state index in [2.05, 4.69) is 0 Å². The molecule has 16 heavy (non-hydrogen) atoms. The van der Waals surface area contributed by atoms with Crippen LogP contribution in [0.3, 0.4) is 0 Å². The van der Waals surface area contributed by atoms with Gasteiger partial charge in [-0.05, 0) is 0 Å². The summed E-state index contributed by atoms with van der Waals surface area (Å²) >= 11 is 0. The summed E-state index contributed by atoms with van der Waals surface area (Å²) in [6, 6.07) is 0. The summed E-state index contributed by atoms with van der Waals surface area (Å²) in [6.45, 7) is -0.227. The predicted octanol–water partition coefficient (Wildman–Crippen LogP) is -7.80. The summed E-state index contributed by atoms with van der Waals surface area (Å²) in [4.78, 5) is 32.6. The SMILES string of the molecule is CN(CC(=O)O)C(=N)N.O=P(O)(O)O.[H-].[H-].[Na+].[Na+]. The van der Waals surface area contributed by atoms with Crippen LogP contribution in [0.4, 0.5) is 0 Å². The van der Waals surface area contributed by atoms with Gasteiger partial charge in [-0.2, -0.15) is 0 Å². The minimum Gasteiger partial charge on any atom is -1.00 e. The van der Waals surface area contributed by atoms with E-state index >= 15 is 0 Å². The summed E-state index contributed by atoms with van der Waals surface area (Å²) in [5, 5.41) is 14.9. The van der Waals surface area contributed by atoms with Crippen LogP contribution in [0.2, 0.25) is 0 Å². The maximum atomic E-state index is 9.92. The molecule has 0 unspecified atom stereocenters. The number of guanidine groups is 1. The Morgan fingerprint density at radius 3 is 1.75 bits per heavy atom. The largest absolute Gasteiger partial charge is 1.00 e. The Morgan fingerprint density at radius 2 is 1.69 bits per heavy atom. The van der Waals surface area contributed by atoms with E-state index in [9.17, 15) is 4.79 Å². The third-order valence-electron chi connectivity index (χ3n) is 0.784. The molecule has 12 heteroatoms. The minimum atomic E-state index is -4.64. The summed E-state index contributed by atoms with van der Waals surface area (Å²) in [6.07, 6.45) is 0. The zero-order valence-corrected chi connectivity index (χ0v) is 14.2. The molecule has 0 aliphatic carbocycles. The van der Waals surface area contributed by atoms with Crippen LogP contribution in [0.15, 0.2) is 0 Å². The smallest absolute Gasteiger partial charge is 1.00 e. The molecule has 0 radical (unpaired) electrons. The van der Waals surface area contributed by atoms with Gasteiger partial charge in [0.05, 0.1) is 0 Å². The summed E-state index contributed by atoms with van der Waals surface area (Å²) < 4.78 is 8.88. The molecule has 0 saturated heterocycles. The standard InChI is InChI=1S/C4H9N3O2.2Na.H3O4P.2H/c1-7(4(5)6)2-3(8)9;;;1-5(2,3)4;;/h2H2,1H3,(H3,5,6)(H,8,9);;;(H3,1,2,3,4);;/q;2*+1;;2*-1. The van der Waals surface area contributed by atoms with E-state index in [0.29, 0.717) is 0 Å². The quantitative estimate of drug-likeness (QED) is 0.125. The number of nitrogens with two attached hydrogens (primary N) is 1. The van der Waals surface area contributed by atoms with Crippen molar-refractivity contribution >= 4 is 19.8 Å². The maximum absolute atomic E-state index is 9.92. The molecule has 0 saturated carbocycles. The third-order valence-corrected chi connectivity index (χ3v) is 0.784. The Morgan fingerprint density at radius 1 is 1.44 bits per heavy atom. The van der Waals surface area contributed by atoms with Crippen LogP contribution in [-0.4, -0.2) is 50.2 Å². The van der Waals surface area contributed by atoms with Crippen molar-refractivity contribution in [2.75, 3.05) is 13.6 Å². The van der Waals surface area contributed by atoms with E-state index in [4.69, 9.17) is 35.5 Å². The van der Waals surface area contributed by atoms with Crippen molar-refractivity contribution in [3.8, 4) is 0 Å². The van der Waals surface area contributed by atoms with Crippen LogP contribution in [-0.2, 0) is 9.36 Å². The molecule has 0 aromatic rings. The maximum Gasteiger partial charge on any atom is 1.00 e. The fourth-order valence-electron chi connectivity index (χ4n) is 0.288. The number of phosphoric acid groups is 1. The summed E-state index contributed by atoms with van der Waals surface area (Å²) in [5.41, 5.74) is 4.93. The molecule has 0 aromatic carbocycles. The first-order valence-corrected chi connectivity index (χ1v) is 4.65. The van der Waals surface area contributed by atoms with Crippen LogP contribution in [0.5, 0.6) is 0 Å². The van der Waals surface area contributed by atoms with E-state index < -0.39 is 13.8 Å². The zero-order valence-electron chi connectivity index (χ0n) is 11.3. The average Bonchev–Trinajstić information content (AvgIpc) is 1.80. The van der Waals surface area contributed by atoms with Gasteiger partial charge in [0, 0.05) is 7.05 Å². The second-order valence-electron chi connectivity index (χ2n) is 2.15. The number of nitrogens with one attached hydrogen (secondary N) is 1. The van der Waals surface area contributed by atoms with E-state index in [1.165, 1.54) is 7.05 Å². The Bertz CT molecular complexity index is 259. The van der Waals surface area contributed by atoms with Gasteiger partial charge >= 0.3 is 72.9 Å². The van der Waals surface area contributed by atoms with Gasteiger partial charge in [0.25, 0.3) is 0 Å². The zero-order chi connectivity index (χ0) is 11.9. The molecule has 7 N–H and O–H groups in total. The Hall–Kier alpha value is 0.850. The molecule has 0 aliphatic heterocycles. The monoisotopic (exact) mass is 277 g/mol. The first kappa shape index (κ1) is 25.6. The predicted molar refractivity (Wildman–Crippen MR) is 48.7 cm³/mol. The van der Waals surface area contributed by atoms with Gasteiger partial charge in [-0.15, -0.1) is 0 Å². The average molecular weight is 277 g/mol. The van der Waals surface area contributed by atoms with Gasteiger partial charge in [0.15, 0.2) is 5.96 Å². The van der Waals surface area contributed by atoms with Crippen molar-refractivity contribution in [3.63, 3.8) is 0 Å². The number of hydrogen-bond acceptors (Lipinski definition) is 3. The molecule has 0 heterocycles. The fourth-order valence-corrected chi connectivity index (χ4v) is 0.288. The molecule has 0 aromatic heterocycles. The Balaban J connectivity index is -0.0000000359. The van der Waals surface area contributed by atoms with Crippen molar-refractivity contribution in [1.29, 1.82) is 5.41 Å². The Kier molecular flexibility index (Phi) is 19.7. The number of carboxylic acid groups (broad SMARTS) is 1. The van der Waals surface area contributed by atoms with Gasteiger partial charge in [0.2, 0.25) is 0 Å².